The highest BCUT2D eigenvalue weighted by atomic mass is 35.5. The molecular weight excluding hydrogens is 340 g/mol. The Hall–Kier alpha value is -2.60. The van der Waals surface area contributed by atoms with E-state index in [9.17, 15) is 9.59 Å². The molecule has 2 amide bonds. The lowest BCUT2D eigenvalue weighted by molar-refractivity contribution is -0.128. The second-order valence-electron chi connectivity index (χ2n) is 6.56. The van der Waals surface area contributed by atoms with E-state index in [0.717, 1.165) is 5.56 Å². The molecule has 134 valence electrons. The molecule has 6 nitrogen and oxygen atoms in total. The zero-order chi connectivity index (χ0) is 17.7. The summed E-state index contributed by atoms with van der Waals surface area (Å²) in [6, 6.07) is 10.4. The van der Waals surface area contributed by atoms with Crippen molar-refractivity contribution in [3.05, 3.63) is 53.7 Å². The van der Waals surface area contributed by atoms with Gasteiger partial charge >= 0.3 is 0 Å². The van der Waals surface area contributed by atoms with E-state index >= 15 is 0 Å². The van der Waals surface area contributed by atoms with Gasteiger partial charge in [0.1, 0.15) is 5.82 Å². The molecule has 2 rings (SSSR count). The second kappa shape index (κ2) is 8.48. The normalized spacial score (nSPS) is 10.5. The molecule has 4 N–H and O–H groups in total. The minimum atomic E-state index is -0.424. The number of nitrogen functional groups attached to an aromatic ring is 1. The van der Waals surface area contributed by atoms with Crippen LogP contribution >= 0.6 is 12.4 Å². The molecule has 0 saturated carbocycles. The van der Waals surface area contributed by atoms with Gasteiger partial charge in [0.05, 0.1) is 11.9 Å². The smallest absolute Gasteiger partial charge is 0.255 e. The van der Waals surface area contributed by atoms with Gasteiger partial charge in [-0.05, 0) is 29.8 Å². The zero-order valence-electron chi connectivity index (χ0n) is 14.5. The summed E-state index contributed by atoms with van der Waals surface area (Å²) in [5.74, 6) is 0.154. The maximum Gasteiger partial charge on any atom is 0.255 e. The van der Waals surface area contributed by atoms with Crippen molar-refractivity contribution in [3.8, 4) is 0 Å². The largest absolute Gasteiger partial charge is 0.384 e. The standard InChI is InChI=1S/C18H22N4O2.ClH/c1-18(2,3)17(24)21-10-12-4-6-13(7-5-12)16(23)22-14-8-9-15(19)20-11-14;/h4-9,11H,10H2,1-3H3,(H2,19,20)(H,21,24)(H,22,23);1H. The molecule has 1 aromatic carbocycles. The van der Waals surface area contributed by atoms with Gasteiger partial charge in [0.15, 0.2) is 0 Å². The fourth-order valence-electron chi connectivity index (χ4n) is 1.90. The number of carbonyl (C=O) groups is 2. The zero-order valence-corrected chi connectivity index (χ0v) is 15.3. The van der Waals surface area contributed by atoms with Crippen molar-refractivity contribution in [2.24, 2.45) is 5.41 Å². The molecule has 0 spiro atoms. The highest BCUT2D eigenvalue weighted by Gasteiger charge is 2.20. The first-order chi connectivity index (χ1) is 11.3. The van der Waals surface area contributed by atoms with Gasteiger partial charge in [-0.25, -0.2) is 4.98 Å². The molecule has 0 aliphatic rings. The van der Waals surface area contributed by atoms with Crippen LogP contribution in [0.15, 0.2) is 42.6 Å². The SMILES string of the molecule is CC(C)(C)C(=O)NCc1ccc(C(=O)Nc2ccc(N)nc2)cc1.Cl. The number of benzene rings is 1. The molecule has 25 heavy (non-hydrogen) atoms. The number of halogens is 1. The average molecular weight is 363 g/mol. The average Bonchev–Trinajstić information content (AvgIpc) is 2.54. The van der Waals surface area contributed by atoms with Gasteiger partial charge in [-0.1, -0.05) is 32.9 Å². The summed E-state index contributed by atoms with van der Waals surface area (Å²) in [6.45, 7) is 6.02. The fourth-order valence-corrected chi connectivity index (χ4v) is 1.90. The Balaban J connectivity index is 0.00000312. The fraction of sp³-hybridized carbons (Fsp3) is 0.278. The van der Waals surface area contributed by atoms with E-state index in [0.29, 0.717) is 23.6 Å². The van der Waals surface area contributed by atoms with Crippen molar-refractivity contribution in [2.75, 3.05) is 11.1 Å². The third-order valence-electron chi connectivity index (χ3n) is 3.39. The van der Waals surface area contributed by atoms with Gasteiger partial charge in [0, 0.05) is 17.5 Å². The van der Waals surface area contributed by atoms with Crippen molar-refractivity contribution in [1.82, 2.24) is 10.3 Å². The summed E-state index contributed by atoms with van der Waals surface area (Å²) in [6.07, 6.45) is 1.50. The highest BCUT2D eigenvalue weighted by Crippen LogP contribution is 2.14. The number of rotatable bonds is 4. The van der Waals surface area contributed by atoms with Crippen LogP contribution in [0.1, 0.15) is 36.7 Å². The van der Waals surface area contributed by atoms with Crippen molar-refractivity contribution < 1.29 is 9.59 Å². The number of amides is 2. The summed E-state index contributed by atoms with van der Waals surface area (Å²) in [5.41, 5.74) is 7.12. The van der Waals surface area contributed by atoms with Gasteiger partial charge in [-0.2, -0.15) is 0 Å². The van der Waals surface area contributed by atoms with Gasteiger partial charge in [-0.15, -0.1) is 12.4 Å². The van der Waals surface area contributed by atoms with E-state index in [-0.39, 0.29) is 24.2 Å². The topological polar surface area (TPSA) is 97.1 Å². The van der Waals surface area contributed by atoms with Crippen molar-refractivity contribution in [1.29, 1.82) is 0 Å². The van der Waals surface area contributed by atoms with Crippen LogP contribution in [-0.4, -0.2) is 16.8 Å². The summed E-state index contributed by atoms with van der Waals surface area (Å²) < 4.78 is 0. The monoisotopic (exact) mass is 362 g/mol. The number of hydrogen-bond acceptors (Lipinski definition) is 4. The van der Waals surface area contributed by atoms with Gasteiger partial charge in [0.25, 0.3) is 5.91 Å². The number of carbonyl (C=O) groups excluding carboxylic acids is 2. The second-order valence-corrected chi connectivity index (χ2v) is 6.56. The van der Waals surface area contributed by atoms with Crippen molar-refractivity contribution in [3.63, 3.8) is 0 Å². The third kappa shape index (κ3) is 6.08. The van der Waals surface area contributed by atoms with Crippen LogP contribution in [0.2, 0.25) is 0 Å². The van der Waals surface area contributed by atoms with Crippen molar-refractivity contribution >= 4 is 35.7 Å². The predicted molar refractivity (Wildman–Crippen MR) is 102 cm³/mol. The first kappa shape index (κ1) is 20.4. The summed E-state index contributed by atoms with van der Waals surface area (Å²) in [4.78, 5) is 27.9. The van der Waals surface area contributed by atoms with Crippen LogP contribution in [0.5, 0.6) is 0 Å². The number of hydrogen-bond donors (Lipinski definition) is 3. The molecule has 1 aromatic heterocycles. The van der Waals surface area contributed by atoms with E-state index in [2.05, 4.69) is 15.6 Å². The molecule has 0 unspecified atom stereocenters. The Morgan fingerprint density at radius 2 is 1.72 bits per heavy atom. The maximum atomic E-state index is 12.2. The molecule has 7 heteroatoms. The lowest BCUT2D eigenvalue weighted by Crippen LogP contribution is -2.34. The van der Waals surface area contributed by atoms with Crippen LogP contribution < -0.4 is 16.4 Å². The van der Waals surface area contributed by atoms with E-state index in [1.54, 1.807) is 24.3 Å². The minimum Gasteiger partial charge on any atom is -0.384 e. The Kier molecular flexibility index (Phi) is 6.94. The van der Waals surface area contributed by atoms with Crippen LogP contribution in [0.25, 0.3) is 0 Å². The van der Waals surface area contributed by atoms with Gasteiger partial charge in [-0.3, -0.25) is 9.59 Å². The molecule has 2 aromatic rings. The molecule has 0 atom stereocenters. The van der Waals surface area contributed by atoms with Gasteiger partial charge in [0.2, 0.25) is 5.91 Å². The number of pyridine rings is 1. The Labute approximate surface area is 153 Å². The van der Waals surface area contributed by atoms with E-state index < -0.39 is 5.41 Å². The molecular formula is C18H23ClN4O2. The molecule has 1 heterocycles. The van der Waals surface area contributed by atoms with Crippen LogP contribution in [0.3, 0.4) is 0 Å². The first-order valence-electron chi connectivity index (χ1n) is 7.66. The number of aromatic nitrogens is 1. The Morgan fingerprint density at radius 3 is 2.24 bits per heavy atom. The molecule has 0 aliphatic carbocycles. The quantitative estimate of drug-likeness (QED) is 0.778. The van der Waals surface area contributed by atoms with Crippen molar-refractivity contribution in [2.45, 2.75) is 27.3 Å². The Bertz CT molecular complexity index is 722. The lowest BCUT2D eigenvalue weighted by atomic mass is 9.95. The molecule has 0 fully saturated rings. The first-order valence-corrected chi connectivity index (χ1v) is 7.66. The van der Waals surface area contributed by atoms with Crippen LogP contribution in [0, 0.1) is 5.41 Å². The summed E-state index contributed by atoms with van der Waals surface area (Å²) in [5, 5.41) is 5.62. The molecule has 0 bridgehead atoms. The summed E-state index contributed by atoms with van der Waals surface area (Å²) in [7, 11) is 0. The predicted octanol–water partition coefficient (Wildman–Crippen LogP) is 3.00. The minimum absolute atomic E-state index is 0. The van der Waals surface area contributed by atoms with E-state index in [4.69, 9.17) is 5.73 Å². The molecule has 0 aliphatic heterocycles. The van der Waals surface area contributed by atoms with E-state index in [1.165, 1.54) is 6.20 Å². The van der Waals surface area contributed by atoms with Crippen LogP contribution in [-0.2, 0) is 11.3 Å². The number of anilines is 2. The highest BCUT2D eigenvalue weighted by molar-refractivity contribution is 6.04. The third-order valence-corrected chi connectivity index (χ3v) is 3.39. The number of nitrogens with one attached hydrogen (secondary N) is 2. The number of nitrogens with zero attached hydrogens (tertiary/aromatic N) is 1. The maximum absolute atomic E-state index is 12.2. The van der Waals surface area contributed by atoms with E-state index in [1.807, 2.05) is 32.9 Å². The lowest BCUT2D eigenvalue weighted by Gasteiger charge is -2.17. The molecule has 0 saturated heterocycles. The Morgan fingerprint density at radius 1 is 1.08 bits per heavy atom. The number of nitrogens with two attached hydrogens (primary N) is 1. The summed E-state index contributed by atoms with van der Waals surface area (Å²) >= 11 is 0. The molecule has 0 radical (unpaired) electrons. The van der Waals surface area contributed by atoms with Gasteiger partial charge < -0.3 is 16.4 Å². The van der Waals surface area contributed by atoms with Crippen LogP contribution in [0.4, 0.5) is 11.5 Å².